The minimum absolute atomic E-state index is 0.0893. The Morgan fingerprint density at radius 3 is 3.05 bits per heavy atom. The van der Waals surface area contributed by atoms with Crippen LogP contribution in [0.25, 0.3) is 0 Å². The number of hydrogen-bond acceptors (Lipinski definition) is 3. The van der Waals surface area contributed by atoms with Crippen molar-refractivity contribution in [2.24, 2.45) is 0 Å². The number of hydrogen-bond donors (Lipinski definition) is 1. The molecule has 0 amide bonds. The van der Waals surface area contributed by atoms with Crippen molar-refractivity contribution in [3.8, 4) is 0 Å². The molecule has 3 nitrogen and oxygen atoms in total. The number of benzene rings is 1. The molecule has 2 heterocycles. The molecule has 1 aliphatic heterocycles. The van der Waals surface area contributed by atoms with E-state index in [0.717, 1.165) is 30.6 Å². The van der Waals surface area contributed by atoms with Crippen molar-refractivity contribution < 1.29 is 4.79 Å². The van der Waals surface area contributed by atoms with Crippen LogP contribution in [-0.2, 0) is 19.4 Å². The predicted octanol–water partition coefficient (Wildman–Crippen LogP) is 2.81. The topological polar surface area (TPSA) is 42.0 Å². The van der Waals surface area contributed by atoms with Crippen LogP contribution < -0.4 is 5.32 Å². The van der Waals surface area contributed by atoms with Gasteiger partial charge in [0.25, 0.3) is 0 Å². The van der Waals surface area contributed by atoms with E-state index in [1.807, 2.05) is 12.1 Å². The van der Waals surface area contributed by atoms with Gasteiger partial charge in [-0.2, -0.15) is 0 Å². The van der Waals surface area contributed by atoms with E-state index in [4.69, 9.17) is 11.6 Å². The lowest BCUT2D eigenvalue weighted by Crippen LogP contribution is -2.23. The molecular weight excluding hydrogens is 272 g/mol. The van der Waals surface area contributed by atoms with Gasteiger partial charge in [-0.05, 0) is 41.8 Å². The van der Waals surface area contributed by atoms with Gasteiger partial charge in [0.2, 0.25) is 0 Å². The van der Waals surface area contributed by atoms with Crippen LogP contribution in [0, 0.1) is 0 Å². The Labute approximate surface area is 123 Å². The van der Waals surface area contributed by atoms with E-state index in [2.05, 4.69) is 16.4 Å². The quantitative estimate of drug-likeness (QED) is 0.882. The van der Waals surface area contributed by atoms with Gasteiger partial charge in [0.05, 0.1) is 5.02 Å². The lowest BCUT2D eigenvalue weighted by Gasteiger charge is -2.17. The summed E-state index contributed by atoms with van der Waals surface area (Å²) in [5.74, 6) is 0.0893. The fourth-order valence-electron chi connectivity index (χ4n) is 2.48. The van der Waals surface area contributed by atoms with Crippen LogP contribution >= 0.6 is 11.6 Å². The molecular formula is C16H15ClN2O. The number of ketones is 1. The summed E-state index contributed by atoms with van der Waals surface area (Å²) in [5, 5.41) is 3.87. The zero-order valence-electron chi connectivity index (χ0n) is 11.0. The molecule has 1 aromatic heterocycles. The summed E-state index contributed by atoms with van der Waals surface area (Å²) in [4.78, 5) is 16.3. The van der Waals surface area contributed by atoms with Gasteiger partial charge < -0.3 is 5.32 Å². The van der Waals surface area contributed by atoms with Crippen molar-refractivity contribution in [3.05, 3.63) is 63.9 Å². The molecule has 0 saturated heterocycles. The molecule has 4 heteroatoms. The van der Waals surface area contributed by atoms with E-state index in [1.54, 1.807) is 18.5 Å². The summed E-state index contributed by atoms with van der Waals surface area (Å²) >= 11 is 6.05. The molecule has 0 radical (unpaired) electrons. The summed E-state index contributed by atoms with van der Waals surface area (Å²) in [5.41, 5.74) is 4.13. The van der Waals surface area contributed by atoms with Crippen LogP contribution in [0.2, 0.25) is 5.02 Å². The highest BCUT2D eigenvalue weighted by atomic mass is 35.5. The molecule has 1 aromatic carbocycles. The van der Waals surface area contributed by atoms with E-state index < -0.39 is 0 Å². The number of carbonyl (C=O) groups is 1. The van der Waals surface area contributed by atoms with Gasteiger partial charge in [-0.25, -0.2) is 0 Å². The van der Waals surface area contributed by atoms with Crippen LogP contribution in [0.3, 0.4) is 0 Å². The zero-order valence-corrected chi connectivity index (χ0v) is 11.8. The average Bonchev–Trinajstić information content (AvgIpc) is 2.49. The van der Waals surface area contributed by atoms with E-state index in [0.29, 0.717) is 11.4 Å². The van der Waals surface area contributed by atoms with Gasteiger partial charge in [-0.3, -0.25) is 9.78 Å². The van der Waals surface area contributed by atoms with Gasteiger partial charge in [-0.1, -0.05) is 23.7 Å². The Hall–Kier alpha value is -1.71. The van der Waals surface area contributed by atoms with Gasteiger partial charge in [0.1, 0.15) is 0 Å². The van der Waals surface area contributed by atoms with Crippen molar-refractivity contribution in [1.29, 1.82) is 0 Å². The maximum Gasteiger partial charge on any atom is 0.167 e. The van der Waals surface area contributed by atoms with Crippen molar-refractivity contribution in [1.82, 2.24) is 10.3 Å². The minimum Gasteiger partial charge on any atom is -0.312 e. The molecule has 20 heavy (non-hydrogen) atoms. The number of aromatic nitrogens is 1. The molecule has 2 aromatic rings. The monoisotopic (exact) mass is 286 g/mol. The fraction of sp³-hybridized carbons (Fsp3) is 0.250. The highest BCUT2D eigenvalue weighted by Crippen LogP contribution is 2.19. The standard InChI is InChI=1S/C16H15ClN2O/c17-15-10-19-6-4-12(15)8-16(20)13-2-1-11-3-5-18-9-14(11)7-13/h1-2,4,6-7,10,18H,3,5,8-9H2. The molecule has 1 N–H and O–H groups in total. The Morgan fingerprint density at radius 1 is 1.30 bits per heavy atom. The molecule has 3 rings (SSSR count). The zero-order chi connectivity index (χ0) is 13.9. The normalized spacial score (nSPS) is 13.8. The second kappa shape index (κ2) is 5.73. The third-order valence-electron chi connectivity index (χ3n) is 3.62. The number of nitrogens with zero attached hydrogens (tertiary/aromatic N) is 1. The first-order valence-electron chi connectivity index (χ1n) is 6.68. The molecule has 102 valence electrons. The van der Waals surface area contributed by atoms with Gasteiger partial charge >= 0.3 is 0 Å². The Bertz CT molecular complexity index is 655. The van der Waals surface area contributed by atoms with Gasteiger partial charge in [0.15, 0.2) is 5.78 Å². The number of nitrogens with one attached hydrogen (secondary N) is 1. The number of rotatable bonds is 3. The van der Waals surface area contributed by atoms with Crippen LogP contribution in [-0.4, -0.2) is 17.3 Å². The molecule has 0 unspecified atom stereocenters. The van der Waals surface area contributed by atoms with Crippen molar-refractivity contribution in [3.63, 3.8) is 0 Å². The number of fused-ring (bicyclic) bond motifs is 1. The summed E-state index contributed by atoms with van der Waals surface area (Å²) in [6, 6.07) is 7.78. The van der Waals surface area contributed by atoms with Gasteiger partial charge in [-0.15, -0.1) is 0 Å². The molecule has 0 bridgehead atoms. The maximum atomic E-state index is 12.4. The fourth-order valence-corrected chi connectivity index (χ4v) is 2.66. The molecule has 0 fully saturated rings. The highest BCUT2D eigenvalue weighted by Gasteiger charge is 2.14. The first-order valence-corrected chi connectivity index (χ1v) is 7.06. The largest absolute Gasteiger partial charge is 0.312 e. The molecule has 0 aliphatic carbocycles. The third kappa shape index (κ3) is 2.74. The van der Waals surface area contributed by atoms with Crippen LogP contribution in [0.4, 0.5) is 0 Å². The van der Waals surface area contributed by atoms with Crippen LogP contribution in [0.1, 0.15) is 27.0 Å². The number of halogens is 1. The van der Waals surface area contributed by atoms with Crippen molar-refractivity contribution >= 4 is 17.4 Å². The van der Waals surface area contributed by atoms with Crippen LogP contribution in [0.15, 0.2) is 36.7 Å². The minimum atomic E-state index is 0.0893. The van der Waals surface area contributed by atoms with E-state index >= 15 is 0 Å². The lowest BCUT2D eigenvalue weighted by atomic mass is 9.95. The smallest absolute Gasteiger partial charge is 0.167 e. The summed E-state index contributed by atoms with van der Waals surface area (Å²) in [6.45, 7) is 1.85. The Kier molecular flexibility index (Phi) is 3.81. The summed E-state index contributed by atoms with van der Waals surface area (Å²) in [6.07, 6.45) is 4.57. The Balaban J connectivity index is 1.82. The Morgan fingerprint density at radius 2 is 2.20 bits per heavy atom. The SMILES string of the molecule is O=C(Cc1ccncc1Cl)c1ccc2c(c1)CNCC2. The molecule has 1 aliphatic rings. The summed E-state index contributed by atoms with van der Waals surface area (Å²) in [7, 11) is 0. The maximum absolute atomic E-state index is 12.4. The lowest BCUT2D eigenvalue weighted by molar-refractivity contribution is 0.0993. The van der Waals surface area contributed by atoms with E-state index in [1.165, 1.54) is 11.1 Å². The number of pyridine rings is 1. The molecule has 0 spiro atoms. The number of carbonyl (C=O) groups excluding carboxylic acids is 1. The first kappa shape index (κ1) is 13.3. The first-order chi connectivity index (χ1) is 9.74. The molecule has 0 atom stereocenters. The van der Waals surface area contributed by atoms with E-state index in [-0.39, 0.29) is 5.78 Å². The van der Waals surface area contributed by atoms with Crippen molar-refractivity contribution in [2.45, 2.75) is 19.4 Å². The summed E-state index contributed by atoms with van der Waals surface area (Å²) < 4.78 is 0. The second-order valence-electron chi connectivity index (χ2n) is 4.98. The highest BCUT2D eigenvalue weighted by molar-refractivity contribution is 6.31. The van der Waals surface area contributed by atoms with E-state index in [9.17, 15) is 4.79 Å². The number of Topliss-reactive ketones (excluding diaryl/α,β-unsaturated/α-hetero) is 1. The molecule has 0 saturated carbocycles. The van der Waals surface area contributed by atoms with Gasteiger partial charge in [0, 0.05) is 30.9 Å². The van der Waals surface area contributed by atoms with Crippen molar-refractivity contribution in [2.75, 3.05) is 6.54 Å². The second-order valence-corrected chi connectivity index (χ2v) is 5.38. The predicted molar refractivity (Wildman–Crippen MR) is 79.1 cm³/mol. The van der Waals surface area contributed by atoms with Crippen LogP contribution in [0.5, 0.6) is 0 Å². The average molecular weight is 287 g/mol. The third-order valence-corrected chi connectivity index (χ3v) is 3.96.